The van der Waals surface area contributed by atoms with Crippen molar-refractivity contribution in [3.05, 3.63) is 70.7 Å². The highest BCUT2D eigenvalue weighted by molar-refractivity contribution is 6.01. The van der Waals surface area contributed by atoms with Crippen LogP contribution in [0, 0.1) is 19.7 Å². The van der Waals surface area contributed by atoms with E-state index in [1.165, 1.54) is 12.1 Å². The van der Waals surface area contributed by atoms with Gasteiger partial charge in [0.25, 0.3) is 0 Å². The van der Waals surface area contributed by atoms with E-state index in [1.807, 2.05) is 31.2 Å². The molecular weight excluding hydrogens is 267 g/mol. The minimum absolute atomic E-state index is 0.0882. The van der Waals surface area contributed by atoms with Gasteiger partial charge in [-0.25, -0.2) is 4.39 Å². The number of carbonyl (C=O) groups is 1. The monoisotopic (exact) mass is 282 g/mol. The molecule has 0 saturated heterocycles. The molecule has 21 heavy (non-hydrogen) atoms. The average molecular weight is 282 g/mol. The van der Waals surface area contributed by atoms with Crippen LogP contribution in [0.3, 0.4) is 0 Å². The van der Waals surface area contributed by atoms with Gasteiger partial charge in [-0.3, -0.25) is 4.79 Å². The van der Waals surface area contributed by atoms with E-state index in [0.717, 1.165) is 11.1 Å². The summed E-state index contributed by atoms with van der Waals surface area (Å²) in [6, 6.07) is 12.1. The summed E-state index contributed by atoms with van der Waals surface area (Å²) in [5, 5.41) is 0.655. The third-order valence-corrected chi connectivity index (χ3v) is 3.60. The maximum atomic E-state index is 13.3. The zero-order valence-electron chi connectivity index (χ0n) is 11.9. The molecule has 2 nitrogen and oxygen atoms in total. The Morgan fingerprint density at radius 1 is 1.14 bits per heavy atom. The van der Waals surface area contributed by atoms with Crippen LogP contribution < -0.4 is 0 Å². The standard InChI is InChI=1S/C18H15FO2/c1-11-4-3-5-13(8-11)9-16(20)18-12(2)15-10-14(19)6-7-17(15)21-18/h3-8,10H,9H2,1-2H3. The van der Waals surface area contributed by atoms with Crippen molar-refractivity contribution in [2.24, 2.45) is 0 Å². The summed E-state index contributed by atoms with van der Waals surface area (Å²) in [4.78, 5) is 12.4. The molecule has 0 unspecified atom stereocenters. The number of furan rings is 1. The Labute approximate surface area is 122 Å². The third kappa shape index (κ3) is 2.59. The lowest BCUT2D eigenvalue weighted by Gasteiger charge is -2.01. The summed E-state index contributed by atoms with van der Waals surface area (Å²) < 4.78 is 18.9. The van der Waals surface area contributed by atoms with Gasteiger partial charge in [-0.2, -0.15) is 0 Å². The van der Waals surface area contributed by atoms with Crippen molar-refractivity contribution in [3.63, 3.8) is 0 Å². The molecule has 0 amide bonds. The number of ketones is 1. The van der Waals surface area contributed by atoms with Crippen LogP contribution in [-0.2, 0) is 6.42 Å². The minimum atomic E-state index is -0.330. The van der Waals surface area contributed by atoms with E-state index in [1.54, 1.807) is 13.0 Å². The largest absolute Gasteiger partial charge is 0.453 e. The lowest BCUT2D eigenvalue weighted by Crippen LogP contribution is -2.03. The Bertz CT molecular complexity index is 830. The average Bonchev–Trinajstić information content (AvgIpc) is 2.76. The maximum absolute atomic E-state index is 13.3. The van der Waals surface area contributed by atoms with E-state index in [0.29, 0.717) is 22.3 Å². The zero-order valence-corrected chi connectivity index (χ0v) is 11.9. The van der Waals surface area contributed by atoms with Crippen molar-refractivity contribution in [2.45, 2.75) is 20.3 Å². The van der Waals surface area contributed by atoms with E-state index in [2.05, 4.69) is 0 Å². The fraction of sp³-hybridized carbons (Fsp3) is 0.167. The first-order valence-electron chi connectivity index (χ1n) is 6.82. The van der Waals surface area contributed by atoms with Gasteiger partial charge in [0.1, 0.15) is 11.4 Å². The summed E-state index contributed by atoms with van der Waals surface area (Å²) in [5.41, 5.74) is 3.30. The molecule has 0 spiro atoms. The van der Waals surface area contributed by atoms with Crippen molar-refractivity contribution in [1.82, 2.24) is 0 Å². The minimum Gasteiger partial charge on any atom is -0.453 e. The van der Waals surface area contributed by atoms with Gasteiger partial charge in [-0.15, -0.1) is 0 Å². The van der Waals surface area contributed by atoms with E-state index in [9.17, 15) is 9.18 Å². The molecule has 0 atom stereocenters. The summed E-state index contributed by atoms with van der Waals surface area (Å²) in [7, 11) is 0. The van der Waals surface area contributed by atoms with E-state index in [4.69, 9.17) is 4.42 Å². The molecule has 0 aliphatic carbocycles. The second-order valence-electron chi connectivity index (χ2n) is 5.29. The SMILES string of the molecule is Cc1cccc(CC(=O)c2oc3ccc(F)cc3c2C)c1. The Morgan fingerprint density at radius 3 is 2.71 bits per heavy atom. The Hall–Kier alpha value is -2.42. The first kappa shape index (κ1) is 13.6. The molecule has 2 aromatic carbocycles. The van der Waals surface area contributed by atoms with E-state index >= 15 is 0 Å². The first-order chi connectivity index (χ1) is 10.0. The van der Waals surface area contributed by atoms with Crippen LogP contribution in [-0.4, -0.2) is 5.78 Å². The lowest BCUT2D eigenvalue weighted by molar-refractivity contribution is 0.0967. The van der Waals surface area contributed by atoms with Crippen molar-refractivity contribution >= 4 is 16.8 Å². The van der Waals surface area contributed by atoms with Gasteiger partial charge in [0.05, 0.1) is 0 Å². The number of hydrogen-bond acceptors (Lipinski definition) is 2. The molecule has 106 valence electrons. The molecule has 0 saturated carbocycles. The Morgan fingerprint density at radius 2 is 1.95 bits per heavy atom. The van der Waals surface area contributed by atoms with Gasteiger partial charge in [-0.05, 0) is 37.6 Å². The molecule has 0 radical (unpaired) electrons. The van der Waals surface area contributed by atoms with Crippen LogP contribution in [0.25, 0.3) is 11.0 Å². The molecule has 0 fully saturated rings. The number of halogens is 1. The van der Waals surface area contributed by atoms with Crippen LogP contribution in [0.5, 0.6) is 0 Å². The van der Waals surface area contributed by atoms with Crippen molar-refractivity contribution < 1.29 is 13.6 Å². The number of Topliss-reactive ketones (excluding diaryl/α,β-unsaturated/α-hetero) is 1. The van der Waals surface area contributed by atoms with Crippen molar-refractivity contribution in [1.29, 1.82) is 0 Å². The fourth-order valence-corrected chi connectivity index (χ4v) is 2.55. The molecule has 0 aliphatic rings. The van der Waals surface area contributed by atoms with Crippen LogP contribution >= 0.6 is 0 Å². The second-order valence-corrected chi connectivity index (χ2v) is 5.29. The summed E-state index contributed by atoms with van der Waals surface area (Å²) in [6.07, 6.45) is 0.283. The highest BCUT2D eigenvalue weighted by atomic mass is 19.1. The smallest absolute Gasteiger partial charge is 0.202 e. The second kappa shape index (κ2) is 5.17. The topological polar surface area (TPSA) is 30.2 Å². The number of aryl methyl sites for hydroxylation is 2. The van der Waals surface area contributed by atoms with Gasteiger partial charge >= 0.3 is 0 Å². The molecule has 1 aromatic heterocycles. The van der Waals surface area contributed by atoms with Crippen LogP contribution in [0.15, 0.2) is 46.9 Å². The Balaban J connectivity index is 1.96. The molecule has 0 bridgehead atoms. The summed E-state index contributed by atoms with van der Waals surface area (Å²) in [5.74, 6) is -0.101. The van der Waals surface area contributed by atoms with Crippen LogP contribution in [0.4, 0.5) is 4.39 Å². The first-order valence-corrected chi connectivity index (χ1v) is 6.82. The van der Waals surface area contributed by atoms with Crippen LogP contribution in [0.1, 0.15) is 27.2 Å². The van der Waals surface area contributed by atoms with Gasteiger partial charge < -0.3 is 4.42 Å². The van der Waals surface area contributed by atoms with Crippen molar-refractivity contribution in [3.8, 4) is 0 Å². The predicted molar refractivity (Wildman–Crippen MR) is 80.1 cm³/mol. The third-order valence-electron chi connectivity index (χ3n) is 3.60. The van der Waals surface area contributed by atoms with Gasteiger partial charge in [-0.1, -0.05) is 29.8 Å². The summed E-state index contributed by atoms with van der Waals surface area (Å²) >= 11 is 0. The highest BCUT2D eigenvalue weighted by Crippen LogP contribution is 2.27. The molecule has 3 rings (SSSR count). The number of hydrogen-bond donors (Lipinski definition) is 0. The molecule has 3 heteroatoms. The van der Waals surface area contributed by atoms with Crippen molar-refractivity contribution in [2.75, 3.05) is 0 Å². The predicted octanol–water partition coefficient (Wildman–Crippen LogP) is 4.61. The number of carbonyl (C=O) groups excluding carboxylic acids is 1. The van der Waals surface area contributed by atoms with Gasteiger partial charge in [0.15, 0.2) is 5.76 Å². The normalized spacial score (nSPS) is 11.0. The number of rotatable bonds is 3. The molecule has 1 heterocycles. The fourth-order valence-electron chi connectivity index (χ4n) is 2.55. The summed E-state index contributed by atoms with van der Waals surface area (Å²) in [6.45, 7) is 3.78. The number of benzene rings is 2. The van der Waals surface area contributed by atoms with Gasteiger partial charge in [0.2, 0.25) is 5.78 Å². The zero-order chi connectivity index (χ0) is 15.0. The van der Waals surface area contributed by atoms with E-state index < -0.39 is 0 Å². The molecule has 0 aliphatic heterocycles. The lowest BCUT2D eigenvalue weighted by atomic mass is 10.0. The maximum Gasteiger partial charge on any atom is 0.202 e. The highest BCUT2D eigenvalue weighted by Gasteiger charge is 2.18. The molecular formula is C18H15FO2. The Kier molecular flexibility index (Phi) is 3.34. The quantitative estimate of drug-likeness (QED) is 0.656. The van der Waals surface area contributed by atoms with Gasteiger partial charge in [0, 0.05) is 17.4 Å². The molecule has 0 N–H and O–H groups in total. The number of fused-ring (bicyclic) bond motifs is 1. The van der Waals surface area contributed by atoms with Crippen LogP contribution in [0.2, 0.25) is 0 Å². The molecule has 3 aromatic rings. The van der Waals surface area contributed by atoms with E-state index in [-0.39, 0.29) is 18.0 Å².